The third-order valence-corrected chi connectivity index (χ3v) is 1.59. The molecule has 0 aromatic rings. The summed E-state index contributed by atoms with van der Waals surface area (Å²) in [5.74, 6) is 0.120. The zero-order valence-corrected chi connectivity index (χ0v) is 7.79. The quantitative estimate of drug-likeness (QED) is 0.621. The van der Waals surface area contributed by atoms with E-state index in [2.05, 4.69) is 0 Å². The van der Waals surface area contributed by atoms with E-state index < -0.39 is 0 Å². The smallest absolute Gasteiger partial charge is 0.223 e. The summed E-state index contributed by atoms with van der Waals surface area (Å²) in [6.07, 6.45) is 0.349. The summed E-state index contributed by atoms with van der Waals surface area (Å²) in [4.78, 5) is 12.9. The van der Waals surface area contributed by atoms with Crippen molar-refractivity contribution in [2.75, 3.05) is 0 Å². The maximum atomic E-state index is 11.2. The molecular formula is C8H18N2O. The van der Waals surface area contributed by atoms with E-state index in [4.69, 9.17) is 5.73 Å². The van der Waals surface area contributed by atoms with E-state index in [1.165, 1.54) is 0 Å². The summed E-state index contributed by atoms with van der Waals surface area (Å²) in [5.41, 5.74) is 5.62. The predicted molar refractivity (Wildman–Crippen MR) is 45.9 cm³/mol. The minimum atomic E-state index is -0.178. The largest absolute Gasteiger partial charge is 0.325 e. The average Bonchev–Trinajstić information content (AvgIpc) is 1.85. The summed E-state index contributed by atoms with van der Waals surface area (Å²) < 4.78 is 0. The number of rotatable bonds is 3. The van der Waals surface area contributed by atoms with E-state index >= 15 is 0 Å². The van der Waals surface area contributed by atoms with Crippen LogP contribution in [-0.2, 0) is 4.79 Å². The van der Waals surface area contributed by atoms with Crippen LogP contribution >= 0.6 is 0 Å². The number of carbonyl (C=O) groups is 1. The van der Waals surface area contributed by atoms with Crippen LogP contribution in [0.4, 0.5) is 0 Å². The molecule has 11 heavy (non-hydrogen) atoms. The Hall–Kier alpha value is -0.570. The standard InChI is InChI=1S/C8H18N2O/c1-5-8(11)10(6(2)3)7(4)9/h6-7H,5,9H2,1-4H3. The van der Waals surface area contributed by atoms with Gasteiger partial charge < -0.3 is 10.6 Å². The van der Waals surface area contributed by atoms with E-state index in [0.29, 0.717) is 6.42 Å². The lowest BCUT2D eigenvalue weighted by molar-refractivity contribution is -0.134. The molecule has 0 aliphatic heterocycles. The monoisotopic (exact) mass is 158 g/mol. The van der Waals surface area contributed by atoms with Crippen molar-refractivity contribution in [1.82, 2.24) is 4.90 Å². The Morgan fingerprint density at radius 1 is 1.45 bits per heavy atom. The Bertz CT molecular complexity index is 124. The molecule has 0 aromatic heterocycles. The van der Waals surface area contributed by atoms with Crippen molar-refractivity contribution < 1.29 is 4.79 Å². The van der Waals surface area contributed by atoms with Gasteiger partial charge >= 0.3 is 0 Å². The first-order valence-corrected chi connectivity index (χ1v) is 4.07. The van der Waals surface area contributed by atoms with Crippen LogP contribution in [0.2, 0.25) is 0 Å². The molecule has 3 heteroatoms. The highest BCUT2D eigenvalue weighted by molar-refractivity contribution is 5.76. The lowest BCUT2D eigenvalue weighted by Gasteiger charge is -2.30. The van der Waals surface area contributed by atoms with Gasteiger partial charge in [0.2, 0.25) is 5.91 Å². The molecule has 0 rings (SSSR count). The Balaban J connectivity index is 4.22. The van der Waals surface area contributed by atoms with E-state index in [1.807, 2.05) is 27.7 Å². The van der Waals surface area contributed by atoms with Crippen molar-refractivity contribution in [2.24, 2.45) is 5.73 Å². The van der Waals surface area contributed by atoms with Gasteiger partial charge in [-0.15, -0.1) is 0 Å². The molecule has 0 aliphatic rings. The van der Waals surface area contributed by atoms with Gasteiger partial charge in [0, 0.05) is 12.5 Å². The molecule has 0 saturated heterocycles. The van der Waals surface area contributed by atoms with Crippen LogP contribution in [-0.4, -0.2) is 23.0 Å². The molecule has 0 aromatic carbocycles. The number of hydrogen-bond acceptors (Lipinski definition) is 2. The van der Waals surface area contributed by atoms with Crippen LogP contribution in [0.3, 0.4) is 0 Å². The second-order valence-corrected chi connectivity index (χ2v) is 2.99. The van der Waals surface area contributed by atoms with Gasteiger partial charge in [-0.05, 0) is 20.8 Å². The van der Waals surface area contributed by atoms with Gasteiger partial charge in [0.05, 0.1) is 6.17 Å². The Morgan fingerprint density at radius 3 is 2.00 bits per heavy atom. The summed E-state index contributed by atoms with van der Waals surface area (Å²) in [7, 11) is 0. The third kappa shape index (κ3) is 2.89. The van der Waals surface area contributed by atoms with Crippen LogP contribution in [0.25, 0.3) is 0 Å². The number of carbonyl (C=O) groups excluding carboxylic acids is 1. The first kappa shape index (κ1) is 10.4. The van der Waals surface area contributed by atoms with Crippen molar-refractivity contribution in [3.63, 3.8) is 0 Å². The van der Waals surface area contributed by atoms with Crippen LogP contribution < -0.4 is 5.73 Å². The molecule has 3 nitrogen and oxygen atoms in total. The van der Waals surface area contributed by atoms with Gasteiger partial charge in [-0.25, -0.2) is 0 Å². The first-order chi connectivity index (χ1) is 5.00. The fraction of sp³-hybridized carbons (Fsp3) is 0.875. The molecule has 1 amide bonds. The van der Waals surface area contributed by atoms with Gasteiger partial charge in [0.1, 0.15) is 0 Å². The van der Waals surface area contributed by atoms with Crippen LogP contribution in [0.15, 0.2) is 0 Å². The second kappa shape index (κ2) is 4.34. The van der Waals surface area contributed by atoms with Gasteiger partial charge in [-0.3, -0.25) is 4.79 Å². The number of nitrogens with two attached hydrogens (primary N) is 1. The molecule has 2 N–H and O–H groups in total. The van der Waals surface area contributed by atoms with Crippen LogP contribution in [0, 0.1) is 0 Å². The van der Waals surface area contributed by atoms with E-state index in [9.17, 15) is 4.79 Å². The maximum absolute atomic E-state index is 11.2. The molecule has 0 saturated carbocycles. The fourth-order valence-corrected chi connectivity index (χ4v) is 1.17. The number of nitrogens with zero attached hydrogens (tertiary/aromatic N) is 1. The van der Waals surface area contributed by atoms with Crippen molar-refractivity contribution in [1.29, 1.82) is 0 Å². The molecule has 0 spiro atoms. The second-order valence-electron chi connectivity index (χ2n) is 2.99. The van der Waals surface area contributed by atoms with Gasteiger partial charge in [-0.1, -0.05) is 6.92 Å². The van der Waals surface area contributed by atoms with Crippen LogP contribution in [0.1, 0.15) is 34.1 Å². The van der Waals surface area contributed by atoms with Gasteiger partial charge in [0.25, 0.3) is 0 Å². The Kier molecular flexibility index (Phi) is 4.11. The minimum Gasteiger partial charge on any atom is -0.325 e. The first-order valence-electron chi connectivity index (χ1n) is 4.07. The molecule has 0 radical (unpaired) electrons. The lowest BCUT2D eigenvalue weighted by atomic mass is 10.2. The minimum absolute atomic E-state index is 0.120. The summed E-state index contributed by atoms with van der Waals surface area (Å²) in [6, 6.07) is 0.197. The van der Waals surface area contributed by atoms with Gasteiger partial charge in [0.15, 0.2) is 0 Å². The normalized spacial score (nSPS) is 13.3. The molecular weight excluding hydrogens is 140 g/mol. The average molecular weight is 158 g/mol. The zero-order valence-electron chi connectivity index (χ0n) is 7.79. The highest BCUT2D eigenvalue weighted by atomic mass is 16.2. The van der Waals surface area contributed by atoms with Crippen molar-refractivity contribution in [2.45, 2.75) is 46.3 Å². The topological polar surface area (TPSA) is 46.3 Å². The molecule has 0 heterocycles. The van der Waals surface area contributed by atoms with Gasteiger partial charge in [-0.2, -0.15) is 0 Å². The Labute approximate surface area is 68.6 Å². The highest BCUT2D eigenvalue weighted by Crippen LogP contribution is 2.03. The highest BCUT2D eigenvalue weighted by Gasteiger charge is 2.17. The molecule has 1 unspecified atom stereocenters. The molecule has 0 fully saturated rings. The van der Waals surface area contributed by atoms with Crippen molar-refractivity contribution >= 4 is 5.91 Å². The summed E-state index contributed by atoms with van der Waals surface area (Å²) in [5, 5.41) is 0. The SMILES string of the molecule is CCC(=O)N(C(C)C)C(C)N. The van der Waals surface area contributed by atoms with Crippen molar-refractivity contribution in [3.05, 3.63) is 0 Å². The Morgan fingerprint density at radius 2 is 1.91 bits per heavy atom. The van der Waals surface area contributed by atoms with E-state index in [-0.39, 0.29) is 18.1 Å². The number of hydrogen-bond donors (Lipinski definition) is 1. The van der Waals surface area contributed by atoms with E-state index in [0.717, 1.165) is 0 Å². The molecule has 0 aliphatic carbocycles. The van der Waals surface area contributed by atoms with Crippen LogP contribution in [0.5, 0.6) is 0 Å². The number of amides is 1. The third-order valence-electron chi connectivity index (χ3n) is 1.59. The lowest BCUT2D eigenvalue weighted by Crippen LogP contribution is -2.47. The van der Waals surface area contributed by atoms with E-state index in [1.54, 1.807) is 4.90 Å². The predicted octanol–water partition coefficient (Wildman–Crippen LogP) is 0.938. The van der Waals surface area contributed by atoms with Crippen molar-refractivity contribution in [3.8, 4) is 0 Å². The zero-order chi connectivity index (χ0) is 9.02. The fourth-order valence-electron chi connectivity index (χ4n) is 1.17. The molecule has 0 bridgehead atoms. The summed E-state index contributed by atoms with van der Waals surface area (Å²) >= 11 is 0. The maximum Gasteiger partial charge on any atom is 0.223 e. The molecule has 1 atom stereocenters. The molecule has 66 valence electrons. The summed E-state index contributed by atoms with van der Waals surface area (Å²) in [6.45, 7) is 7.61.